The van der Waals surface area contributed by atoms with Crippen LogP contribution in [0, 0.1) is 0 Å². The smallest absolute Gasteiger partial charge is 0.217 e. The van der Waals surface area contributed by atoms with E-state index in [0.717, 1.165) is 0 Å². The van der Waals surface area contributed by atoms with E-state index in [9.17, 15) is 4.79 Å². The van der Waals surface area contributed by atoms with Crippen molar-refractivity contribution in [3.63, 3.8) is 0 Å². The molecule has 0 saturated heterocycles. The highest BCUT2D eigenvalue weighted by molar-refractivity contribution is 5.73. The van der Waals surface area contributed by atoms with Gasteiger partial charge in [-0.05, 0) is 0 Å². The summed E-state index contributed by atoms with van der Waals surface area (Å²) in [7, 11) is 0. The van der Waals surface area contributed by atoms with Crippen molar-refractivity contribution in [3.05, 3.63) is 0 Å². The molecule has 0 fully saturated rings. The quantitative estimate of drug-likeness (QED) is 0.433. The Balaban J connectivity index is 2.85. The average molecular weight is 74.1 g/mol. The van der Waals surface area contributed by atoms with Crippen LogP contribution in [0.4, 0.5) is 0 Å². The standard InChI is InChI=1S/C3H7NO/c1-2-3(4)5/h2H2,1H3,(H2,4,5)/i3+1. The largest absolute Gasteiger partial charge is 0.370 e. The summed E-state index contributed by atoms with van der Waals surface area (Å²) in [4.78, 5) is 9.59. The lowest BCUT2D eigenvalue weighted by molar-refractivity contribution is -0.117. The Morgan fingerprint density at radius 1 is 2.00 bits per heavy atom. The van der Waals surface area contributed by atoms with Crippen LogP contribution in [0.15, 0.2) is 0 Å². The van der Waals surface area contributed by atoms with Crippen molar-refractivity contribution in [1.82, 2.24) is 0 Å². The predicted octanol–water partition coefficient (Wildman–Crippen LogP) is -0.118. The summed E-state index contributed by atoms with van der Waals surface area (Å²) in [6.45, 7) is 1.72. The molecule has 0 aliphatic carbocycles. The predicted molar refractivity (Wildman–Crippen MR) is 19.5 cm³/mol. The van der Waals surface area contributed by atoms with Gasteiger partial charge in [0.2, 0.25) is 5.91 Å². The molecule has 0 bridgehead atoms. The van der Waals surface area contributed by atoms with E-state index in [4.69, 9.17) is 0 Å². The van der Waals surface area contributed by atoms with Crippen LogP contribution in [0.3, 0.4) is 0 Å². The van der Waals surface area contributed by atoms with E-state index in [2.05, 4.69) is 5.73 Å². The Morgan fingerprint density at radius 2 is 2.20 bits per heavy atom. The molecule has 2 nitrogen and oxygen atoms in total. The van der Waals surface area contributed by atoms with E-state index in [0.29, 0.717) is 6.42 Å². The van der Waals surface area contributed by atoms with Gasteiger partial charge in [0.25, 0.3) is 0 Å². The fraction of sp³-hybridized carbons (Fsp3) is 0.667. The van der Waals surface area contributed by atoms with Crippen molar-refractivity contribution in [2.24, 2.45) is 5.73 Å². The van der Waals surface area contributed by atoms with Gasteiger partial charge in [0, 0.05) is 6.42 Å². The lowest BCUT2D eigenvalue weighted by Gasteiger charge is -1.73. The zero-order valence-electron chi connectivity index (χ0n) is 3.19. The second kappa shape index (κ2) is 1.76. The number of carbonyl (C=O) groups is 1. The Morgan fingerprint density at radius 3 is 2.20 bits per heavy atom. The molecule has 0 aromatic rings. The molecule has 2 N–H and O–H groups in total. The van der Waals surface area contributed by atoms with Crippen molar-refractivity contribution in [1.29, 1.82) is 0 Å². The molecular weight excluding hydrogens is 67.0 g/mol. The first-order chi connectivity index (χ1) is 2.27. The third-order valence-electron chi connectivity index (χ3n) is 0.348. The second-order valence-corrected chi connectivity index (χ2v) is 0.820. The van der Waals surface area contributed by atoms with Gasteiger partial charge in [0.15, 0.2) is 0 Å². The Bertz CT molecular complexity index is 42.2. The van der Waals surface area contributed by atoms with E-state index in [1.165, 1.54) is 0 Å². The van der Waals surface area contributed by atoms with E-state index in [1.807, 2.05) is 0 Å². The number of hydrogen-bond donors (Lipinski definition) is 1. The summed E-state index contributed by atoms with van der Waals surface area (Å²) in [6, 6.07) is 0. The number of amides is 1. The van der Waals surface area contributed by atoms with Gasteiger partial charge in [-0.2, -0.15) is 0 Å². The molecule has 0 heterocycles. The van der Waals surface area contributed by atoms with Crippen molar-refractivity contribution < 1.29 is 4.79 Å². The van der Waals surface area contributed by atoms with Gasteiger partial charge >= 0.3 is 0 Å². The van der Waals surface area contributed by atoms with Crippen LogP contribution in [0.2, 0.25) is 0 Å². The van der Waals surface area contributed by atoms with Crippen LogP contribution in [0.25, 0.3) is 0 Å². The summed E-state index contributed by atoms with van der Waals surface area (Å²) in [5.41, 5.74) is 4.65. The number of primary amides is 1. The van der Waals surface area contributed by atoms with Gasteiger partial charge in [-0.25, -0.2) is 0 Å². The minimum Gasteiger partial charge on any atom is -0.370 e. The van der Waals surface area contributed by atoms with Crippen LogP contribution in [-0.2, 0) is 4.79 Å². The Labute approximate surface area is 31.0 Å². The number of hydrogen-bond acceptors (Lipinski definition) is 1. The van der Waals surface area contributed by atoms with Crippen molar-refractivity contribution in [2.45, 2.75) is 13.3 Å². The van der Waals surface area contributed by atoms with Crippen LogP contribution in [-0.4, -0.2) is 5.91 Å². The molecule has 5 heavy (non-hydrogen) atoms. The zero-order chi connectivity index (χ0) is 4.28. The number of rotatable bonds is 1. The van der Waals surface area contributed by atoms with Crippen molar-refractivity contribution >= 4 is 5.91 Å². The molecule has 1 amide bonds. The van der Waals surface area contributed by atoms with Gasteiger partial charge in [0.1, 0.15) is 0 Å². The monoisotopic (exact) mass is 74.1 g/mol. The summed E-state index contributed by atoms with van der Waals surface area (Å²) < 4.78 is 0. The highest BCUT2D eigenvalue weighted by atomic mass is 16.2. The van der Waals surface area contributed by atoms with Gasteiger partial charge in [-0.15, -0.1) is 0 Å². The first kappa shape index (κ1) is 4.47. The molecule has 0 spiro atoms. The normalized spacial score (nSPS) is 7.40. The third-order valence-corrected chi connectivity index (χ3v) is 0.348. The van der Waals surface area contributed by atoms with E-state index in [1.54, 1.807) is 6.92 Å². The molecule has 30 valence electrons. The SMILES string of the molecule is CC[13C](N)=O. The maximum atomic E-state index is 9.59. The van der Waals surface area contributed by atoms with Crippen LogP contribution in [0.1, 0.15) is 13.3 Å². The summed E-state index contributed by atoms with van der Waals surface area (Å²) >= 11 is 0. The Kier molecular flexibility index (Phi) is 1.57. The zero-order valence-corrected chi connectivity index (χ0v) is 3.19. The second-order valence-electron chi connectivity index (χ2n) is 0.820. The minimum atomic E-state index is -0.245. The minimum absolute atomic E-state index is 0.245. The molecule has 2 heteroatoms. The molecule has 0 aromatic carbocycles. The topological polar surface area (TPSA) is 43.1 Å². The lowest BCUT2D eigenvalue weighted by atomic mass is 10.7. The molecule has 0 atom stereocenters. The maximum Gasteiger partial charge on any atom is 0.217 e. The summed E-state index contributed by atoms with van der Waals surface area (Å²) in [5, 5.41) is 0. The van der Waals surface area contributed by atoms with Crippen LogP contribution >= 0.6 is 0 Å². The fourth-order valence-corrected chi connectivity index (χ4v) is 0. The maximum absolute atomic E-state index is 9.59. The van der Waals surface area contributed by atoms with E-state index >= 15 is 0 Å². The van der Waals surface area contributed by atoms with Crippen LogP contribution in [0.5, 0.6) is 0 Å². The highest BCUT2D eigenvalue weighted by Gasteiger charge is 1.77. The Hall–Kier alpha value is -0.530. The van der Waals surface area contributed by atoms with Gasteiger partial charge in [-0.3, -0.25) is 4.79 Å². The van der Waals surface area contributed by atoms with Crippen LogP contribution < -0.4 is 5.73 Å². The van der Waals surface area contributed by atoms with E-state index in [-0.39, 0.29) is 5.91 Å². The third kappa shape index (κ3) is 3.47. The molecule has 0 radical (unpaired) electrons. The molecular formula is C3H7NO. The lowest BCUT2D eigenvalue weighted by Crippen LogP contribution is -2.06. The number of nitrogens with two attached hydrogens (primary N) is 1. The molecule has 0 aliphatic rings. The fourth-order valence-electron chi connectivity index (χ4n) is 0. The molecule has 0 saturated carbocycles. The molecule has 0 aromatic heterocycles. The summed E-state index contributed by atoms with van der Waals surface area (Å²) in [5.74, 6) is -0.245. The van der Waals surface area contributed by atoms with Gasteiger partial charge in [-0.1, -0.05) is 6.92 Å². The first-order valence-corrected chi connectivity index (χ1v) is 1.55. The van der Waals surface area contributed by atoms with Gasteiger partial charge in [0.05, 0.1) is 0 Å². The number of carbonyl (C=O) groups excluding carboxylic acids is 1. The average Bonchev–Trinajstić information content (AvgIpc) is 1.38. The highest BCUT2D eigenvalue weighted by Crippen LogP contribution is 1.63. The molecule has 0 aliphatic heterocycles. The van der Waals surface area contributed by atoms with Crippen molar-refractivity contribution in [3.8, 4) is 0 Å². The molecule has 0 unspecified atom stereocenters. The van der Waals surface area contributed by atoms with Crippen molar-refractivity contribution in [2.75, 3.05) is 0 Å². The molecule has 0 rings (SSSR count). The van der Waals surface area contributed by atoms with E-state index < -0.39 is 0 Å². The summed E-state index contributed by atoms with van der Waals surface area (Å²) in [6.07, 6.45) is 0.444. The van der Waals surface area contributed by atoms with Gasteiger partial charge < -0.3 is 5.73 Å². The first-order valence-electron chi connectivity index (χ1n) is 1.55.